The Balaban J connectivity index is 1.54. The van der Waals surface area contributed by atoms with Gasteiger partial charge in [0.2, 0.25) is 0 Å². The first-order chi connectivity index (χ1) is 16.3. The standard InChI is InChI=1S/C24H24BrIN4O4/c1-15(2)23-28-20-5-4-17(25)12-18(20)24(32)30(23)27-13-16-3-6-21(19(26)11-16)34-14-22(31)29-7-9-33-10-8-29/h3-6,11-13,15H,7-10,14H2,1-2H3. The zero-order chi connectivity index (χ0) is 24.2. The summed E-state index contributed by atoms with van der Waals surface area (Å²) in [5.41, 5.74) is 1.22. The summed E-state index contributed by atoms with van der Waals surface area (Å²) in [5.74, 6) is 1.17. The molecular weight excluding hydrogens is 615 g/mol. The molecule has 0 bridgehead atoms. The van der Waals surface area contributed by atoms with Crippen LogP contribution in [0.5, 0.6) is 5.75 Å². The number of fused-ring (bicyclic) bond motifs is 1. The molecule has 1 fully saturated rings. The number of ether oxygens (including phenoxy) is 2. The van der Waals surface area contributed by atoms with Gasteiger partial charge in [0.1, 0.15) is 11.6 Å². The number of hydrogen-bond donors (Lipinski definition) is 0. The van der Waals surface area contributed by atoms with Crippen LogP contribution in [0.1, 0.15) is 31.2 Å². The Bertz CT molecular complexity index is 1300. The van der Waals surface area contributed by atoms with Crippen LogP contribution in [0.15, 0.2) is 50.8 Å². The lowest BCUT2D eigenvalue weighted by atomic mass is 10.2. The van der Waals surface area contributed by atoms with Crippen LogP contribution in [0.3, 0.4) is 0 Å². The summed E-state index contributed by atoms with van der Waals surface area (Å²) in [6.07, 6.45) is 1.63. The maximum Gasteiger partial charge on any atom is 0.282 e. The van der Waals surface area contributed by atoms with E-state index >= 15 is 0 Å². The van der Waals surface area contributed by atoms with E-state index in [0.717, 1.165) is 13.6 Å². The van der Waals surface area contributed by atoms with E-state index in [1.54, 1.807) is 23.2 Å². The smallest absolute Gasteiger partial charge is 0.282 e. The molecule has 0 spiro atoms. The quantitative estimate of drug-likeness (QED) is 0.301. The van der Waals surface area contributed by atoms with Gasteiger partial charge in [0.05, 0.1) is 33.9 Å². The topological polar surface area (TPSA) is 86.0 Å². The van der Waals surface area contributed by atoms with Crippen molar-refractivity contribution in [2.75, 3.05) is 32.9 Å². The minimum Gasteiger partial charge on any atom is -0.483 e. The maximum atomic E-state index is 13.2. The highest BCUT2D eigenvalue weighted by Gasteiger charge is 2.18. The van der Waals surface area contributed by atoms with E-state index in [1.807, 2.05) is 38.1 Å². The summed E-state index contributed by atoms with van der Waals surface area (Å²) in [4.78, 5) is 31.9. The van der Waals surface area contributed by atoms with Crippen molar-refractivity contribution >= 4 is 61.5 Å². The number of carbonyl (C=O) groups is 1. The van der Waals surface area contributed by atoms with Crippen LogP contribution < -0.4 is 10.3 Å². The van der Waals surface area contributed by atoms with Crippen molar-refractivity contribution in [3.05, 3.63) is 66.2 Å². The van der Waals surface area contributed by atoms with Crippen LogP contribution in [0.2, 0.25) is 0 Å². The number of amides is 1. The number of rotatable bonds is 6. The zero-order valence-electron chi connectivity index (χ0n) is 18.8. The third kappa shape index (κ3) is 5.66. The minimum atomic E-state index is -0.220. The highest BCUT2D eigenvalue weighted by atomic mass is 127. The van der Waals surface area contributed by atoms with E-state index in [2.05, 4.69) is 48.6 Å². The zero-order valence-corrected chi connectivity index (χ0v) is 22.6. The fraction of sp³-hybridized carbons (Fsp3) is 0.333. The van der Waals surface area contributed by atoms with E-state index < -0.39 is 0 Å². The van der Waals surface area contributed by atoms with Gasteiger partial charge in [0.25, 0.3) is 11.5 Å². The van der Waals surface area contributed by atoms with Crippen molar-refractivity contribution in [1.29, 1.82) is 0 Å². The van der Waals surface area contributed by atoms with Gasteiger partial charge in [-0.15, -0.1) is 0 Å². The lowest BCUT2D eigenvalue weighted by Gasteiger charge is -2.26. The fourth-order valence-corrected chi connectivity index (χ4v) is 4.59. The molecule has 0 saturated carbocycles. The summed E-state index contributed by atoms with van der Waals surface area (Å²) in [6.45, 7) is 6.23. The van der Waals surface area contributed by atoms with Gasteiger partial charge in [-0.05, 0) is 64.6 Å². The molecule has 0 radical (unpaired) electrons. The largest absolute Gasteiger partial charge is 0.483 e. The Hall–Kier alpha value is -2.31. The van der Waals surface area contributed by atoms with Crippen molar-refractivity contribution in [3.63, 3.8) is 0 Å². The van der Waals surface area contributed by atoms with Crippen molar-refractivity contribution in [1.82, 2.24) is 14.6 Å². The Kier molecular flexibility index (Phi) is 7.99. The summed E-state index contributed by atoms with van der Waals surface area (Å²) in [5, 5.41) is 4.97. The number of nitrogens with zero attached hydrogens (tertiary/aromatic N) is 4. The van der Waals surface area contributed by atoms with Gasteiger partial charge in [-0.25, -0.2) is 4.98 Å². The highest BCUT2D eigenvalue weighted by molar-refractivity contribution is 14.1. The second-order valence-corrected chi connectivity index (χ2v) is 10.2. The molecule has 1 aromatic heterocycles. The van der Waals surface area contributed by atoms with Crippen LogP contribution in [-0.4, -0.2) is 59.6 Å². The third-order valence-electron chi connectivity index (χ3n) is 5.34. The molecule has 3 aromatic rings. The predicted molar refractivity (Wildman–Crippen MR) is 143 cm³/mol. The van der Waals surface area contributed by atoms with Crippen molar-refractivity contribution in [3.8, 4) is 5.75 Å². The van der Waals surface area contributed by atoms with Gasteiger partial charge in [0, 0.05) is 23.5 Å². The molecular formula is C24H24BrIN4O4. The van der Waals surface area contributed by atoms with Gasteiger partial charge >= 0.3 is 0 Å². The van der Waals surface area contributed by atoms with E-state index in [1.165, 1.54) is 4.68 Å². The first-order valence-electron chi connectivity index (χ1n) is 10.9. The Morgan fingerprint density at radius 2 is 2.03 bits per heavy atom. The molecule has 10 heteroatoms. The summed E-state index contributed by atoms with van der Waals surface area (Å²) in [7, 11) is 0. The molecule has 0 aliphatic carbocycles. The molecule has 34 heavy (non-hydrogen) atoms. The number of aromatic nitrogens is 2. The average Bonchev–Trinajstić information content (AvgIpc) is 2.83. The number of morpholine rings is 1. The maximum absolute atomic E-state index is 13.2. The van der Waals surface area contributed by atoms with Crippen LogP contribution >= 0.6 is 38.5 Å². The molecule has 2 heterocycles. The minimum absolute atomic E-state index is 0.0119. The van der Waals surface area contributed by atoms with Gasteiger partial charge in [-0.3, -0.25) is 9.59 Å². The molecule has 8 nitrogen and oxygen atoms in total. The predicted octanol–water partition coefficient (Wildman–Crippen LogP) is 4.01. The summed E-state index contributed by atoms with van der Waals surface area (Å²) < 4.78 is 14.0. The molecule has 178 valence electrons. The van der Waals surface area contributed by atoms with Crippen molar-refractivity contribution < 1.29 is 14.3 Å². The molecule has 4 rings (SSSR count). The van der Waals surface area contributed by atoms with E-state index in [0.29, 0.717) is 48.8 Å². The molecule has 1 amide bonds. The van der Waals surface area contributed by atoms with E-state index in [9.17, 15) is 9.59 Å². The molecule has 0 atom stereocenters. The number of benzene rings is 2. The van der Waals surface area contributed by atoms with Crippen LogP contribution in [0, 0.1) is 3.57 Å². The van der Waals surface area contributed by atoms with Gasteiger partial charge < -0.3 is 14.4 Å². The Morgan fingerprint density at radius 1 is 1.26 bits per heavy atom. The lowest BCUT2D eigenvalue weighted by Crippen LogP contribution is -2.43. The molecule has 0 unspecified atom stereocenters. The monoisotopic (exact) mass is 638 g/mol. The molecule has 0 N–H and O–H groups in total. The lowest BCUT2D eigenvalue weighted by molar-refractivity contribution is -0.137. The molecule has 1 aliphatic heterocycles. The second-order valence-electron chi connectivity index (χ2n) is 8.12. The van der Waals surface area contributed by atoms with E-state index in [4.69, 9.17) is 9.47 Å². The molecule has 1 saturated heterocycles. The number of halogens is 2. The SMILES string of the molecule is CC(C)c1nc2ccc(Br)cc2c(=O)n1N=Cc1ccc(OCC(=O)N2CCOCC2)c(I)c1. The summed E-state index contributed by atoms with van der Waals surface area (Å²) in [6, 6.07) is 11.0. The van der Waals surface area contributed by atoms with Gasteiger partial charge in [0.15, 0.2) is 6.61 Å². The van der Waals surface area contributed by atoms with Crippen molar-refractivity contribution in [2.24, 2.45) is 5.10 Å². The van der Waals surface area contributed by atoms with Gasteiger partial charge in [-0.2, -0.15) is 9.78 Å². The number of carbonyl (C=O) groups excluding carboxylic acids is 1. The average molecular weight is 639 g/mol. The first kappa shape index (κ1) is 24.8. The Morgan fingerprint density at radius 3 is 2.74 bits per heavy atom. The second kappa shape index (κ2) is 11.0. The van der Waals surface area contributed by atoms with Gasteiger partial charge in [-0.1, -0.05) is 29.8 Å². The summed E-state index contributed by atoms with van der Waals surface area (Å²) >= 11 is 5.58. The normalized spacial score (nSPS) is 14.3. The van der Waals surface area contributed by atoms with E-state index in [-0.39, 0.29) is 24.0 Å². The first-order valence-corrected chi connectivity index (χ1v) is 12.7. The van der Waals surface area contributed by atoms with Crippen LogP contribution in [0.25, 0.3) is 10.9 Å². The number of hydrogen-bond acceptors (Lipinski definition) is 6. The Labute approximate surface area is 219 Å². The van der Waals surface area contributed by atoms with Crippen LogP contribution in [0.4, 0.5) is 0 Å². The molecule has 1 aliphatic rings. The third-order valence-corrected chi connectivity index (χ3v) is 6.68. The van der Waals surface area contributed by atoms with Crippen LogP contribution in [-0.2, 0) is 9.53 Å². The highest BCUT2D eigenvalue weighted by Crippen LogP contribution is 2.22. The van der Waals surface area contributed by atoms with Crippen molar-refractivity contribution in [2.45, 2.75) is 19.8 Å². The molecule has 2 aromatic carbocycles. The fourth-order valence-electron chi connectivity index (χ4n) is 3.53.